The van der Waals surface area contributed by atoms with Gasteiger partial charge in [0.1, 0.15) is 11.6 Å². The molecule has 2 aliphatic rings. The van der Waals surface area contributed by atoms with Gasteiger partial charge in [-0.3, -0.25) is 9.69 Å². The summed E-state index contributed by atoms with van der Waals surface area (Å²) in [6.07, 6.45) is 2.81. The van der Waals surface area contributed by atoms with E-state index in [0.717, 1.165) is 49.2 Å². The molecule has 4 rings (SSSR count). The standard InChI is InChI=1S/C20H23ClFN3O2/c1-13-2-5-18-16(10-13)19(23-27-18)20(26)25-8-6-24(7-9-25)12-14-3-4-15(22)11-17(14)21/h3-4,11,13H,2,5-10,12H2,1H3. The van der Waals surface area contributed by atoms with Gasteiger partial charge in [-0.25, -0.2) is 4.39 Å². The van der Waals surface area contributed by atoms with Gasteiger partial charge in [-0.1, -0.05) is 29.7 Å². The second-order valence-electron chi connectivity index (χ2n) is 7.58. The van der Waals surface area contributed by atoms with Crippen LogP contribution in [-0.4, -0.2) is 47.0 Å². The molecule has 1 amide bonds. The van der Waals surface area contributed by atoms with Crippen molar-refractivity contribution in [1.82, 2.24) is 15.0 Å². The molecule has 27 heavy (non-hydrogen) atoms. The minimum absolute atomic E-state index is 0.0337. The van der Waals surface area contributed by atoms with Gasteiger partial charge in [0, 0.05) is 49.7 Å². The zero-order valence-corrected chi connectivity index (χ0v) is 16.1. The summed E-state index contributed by atoms with van der Waals surface area (Å²) in [5, 5.41) is 4.52. The number of carbonyl (C=O) groups is 1. The minimum Gasteiger partial charge on any atom is -0.360 e. The number of rotatable bonds is 3. The molecule has 7 heteroatoms. The van der Waals surface area contributed by atoms with Crippen LogP contribution in [0.5, 0.6) is 0 Å². The quantitative estimate of drug-likeness (QED) is 0.802. The number of piperazine rings is 1. The SMILES string of the molecule is CC1CCc2onc(C(=O)N3CCN(Cc4ccc(F)cc4Cl)CC3)c2C1. The first kappa shape index (κ1) is 18.4. The van der Waals surface area contributed by atoms with Crippen LogP contribution in [0.3, 0.4) is 0 Å². The predicted octanol–water partition coefficient (Wildman–Crippen LogP) is 3.55. The van der Waals surface area contributed by atoms with Gasteiger partial charge >= 0.3 is 0 Å². The summed E-state index contributed by atoms with van der Waals surface area (Å²) in [5.41, 5.74) is 2.39. The van der Waals surface area contributed by atoms with Gasteiger partial charge in [-0.05, 0) is 36.5 Å². The van der Waals surface area contributed by atoms with Crippen molar-refractivity contribution < 1.29 is 13.7 Å². The van der Waals surface area contributed by atoms with E-state index in [-0.39, 0.29) is 11.7 Å². The van der Waals surface area contributed by atoms with Crippen molar-refractivity contribution in [2.24, 2.45) is 5.92 Å². The molecule has 1 atom stereocenters. The zero-order valence-electron chi connectivity index (χ0n) is 15.4. The van der Waals surface area contributed by atoms with Crippen LogP contribution in [0.1, 0.15) is 40.7 Å². The molecular weight excluding hydrogens is 369 g/mol. The Hall–Kier alpha value is -1.92. The summed E-state index contributed by atoms with van der Waals surface area (Å²) >= 11 is 6.12. The molecule has 1 aromatic heterocycles. The maximum absolute atomic E-state index is 13.2. The van der Waals surface area contributed by atoms with Crippen LogP contribution in [-0.2, 0) is 19.4 Å². The number of aryl methyl sites for hydroxylation is 1. The van der Waals surface area contributed by atoms with Crippen LogP contribution < -0.4 is 0 Å². The predicted molar refractivity (Wildman–Crippen MR) is 100 cm³/mol. The van der Waals surface area contributed by atoms with Crippen molar-refractivity contribution in [3.05, 3.63) is 51.6 Å². The Labute approximate surface area is 163 Å². The number of benzene rings is 1. The highest BCUT2D eigenvalue weighted by Crippen LogP contribution is 2.28. The molecule has 1 saturated heterocycles. The Morgan fingerprint density at radius 1 is 1.33 bits per heavy atom. The van der Waals surface area contributed by atoms with E-state index in [1.807, 2.05) is 4.90 Å². The first-order valence-electron chi connectivity index (χ1n) is 9.44. The monoisotopic (exact) mass is 391 g/mol. The number of fused-ring (bicyclic) bond motifs is 1. The Kier molecular flexibility index (Phi) is 5.19. The molecule has 0 radical (unpaired) electrons. The zero-order chi connectivity index (χ0) is 19.0. The molecule has 2 heterocycles. The summed E-state index contributed by atoms with van der Waals surface area (Å²) < 4.78 is 18.6. The number of halogens is 2. The minimum atomic E-state index is -0.329. The van der Waals surface area contributed by atoms with Crippen LogP contribution in [0.15, 0.2) is 22.7 Å². The third kappa shape index (κ3) is 3.87. The Bertz CT molecular complexity index is 846. The average molecular weight is 392 g/mol. The van der Waals surface area contributed by atoms with Crippen LogP contribution in [0.4, 0.5) is 4.39 Å². The first-order valence-corrected chi connectivity index (χ1v) is 9.82. The fraction of sp³-hybridized carbons (Fsp3) is 0.500. The van der Waals surface area contributed by atoms with Gasteiger partial charge in [0.2, 0.25) is 0 Å². The van der Waals surface area contributed by atoms with Crippen molar-refractivity contribution in [3.8, 4) is 0 Å². The molecule has 0 N–H and O–H groups in total. The molecule has 1 unspecified atom stereocenters. The van der Waals surface area contributed by atoms with Gasteiger partial charge in [-0.15, -0.1) is 0 Å². The first-order chi connectivity index (χ1) is 13.0. The lowest BCUT2D eigenvalue weighted by Gasteiger charge is -2.34. The molecule has 1 fully saturated rings. The number of hydrogen-bond acceptors (Lipinski definition) is 4. The maximum Gasteiger partial charge on any atom is 0.276 e. The number of aromatic nitrogens is 1. The lowest BCUT2D eigenvalue weighted by atomic mass is 9.88. The van der Waals surface area contributed by atoms with Crippen molar-refractivity contribution in [2.75, 3.05) is 26.2 Å². The Balaban J connectivity index is 1.38. The lowest BCUT2D eigenvalue weighted by Crippen LogP contribution is -2.48. The van der Waals surface area contributed by atoms with Crippen molar-refractivity contribution in [2.45, 2.75) is 32.7 Å². The normalized spacial score (nSPS) is 20.6. The van der Waals surface area contributed by atoms with Gasteiger partial charge in [0.05, 0.1) is 0 Å². The van der Waals surface area contributed by atoms with E-state index in [4.69, 9.17) is 16.1 Å². The van der Waals surface area contributed by atoms with E-state index >= 15 is 0 Å². The molecule has 5 nitrogen and oxygen atoms in total. The molecule has 0 bridgehead atoms. The van der Waals surface area contributed by atoms with Gasteiger partial charge < -0.3 is 9.42 Å². The second-order valence-corrected chi connectivity index (χ2v) is 7.99. The van der Waals surface area contributed by atoms with Gasteiger partial charge in [0.15, 0.2) is 5.69 Å². The molecule has 0 saturated carbocycles. The number of amides is 1. The largest absolute Gasteiger partial charge is 0.360 e. The fourth-order valence-electron chi connectivity index (χ4n) is 3.90. The topological polar surface area (TPSA) is 49.6 Å². The Morgan fingerprint density at radius 3 is 2.85 bits per heavy atom. The van der Waals surface area contributed by atoms with E-state index in [0.29, 0.717) is 36.3 Å². The van der Waals surface area contributed by atoms with E-state index in [2.05, 4.69) is 17.0 Å². The van der Waals surface area contributed by atoms with E-state index < -0.39 is 0 Å². The highest BCUT2D eigenvalue weighted by atomic mass is 35.5. The maximum atomic E-state index is 13.2. The van der Waals surface area contributed by atoms with Crippen molar-refractivity contribution in [1.29, 1.82) is 0 Å². The molecule has 2 aromatic rings. The third-order valence-electron chi connectivity index (χ3n) is 5.56. The molecule has 1 aliphatic carbocycles. The lowest BCUT2D eigenvalue weighted by molar-refractivity contribution is 0.0617. The number of carbonyl (C=O) groups excluding carboxylic acids is 1. The van der Waals surface area contributed by atoms with Gasteiger partial charge in [-0.2, -0.15) is 0 Å². The van der Waals surface area contributed by atoms with E-state index in [9.17, 15) is 9.18 Å². The van der Waals surface area contributed by atoms with Crippen LogP contribution in [0, 0.1) is 11.7 Å². The molecule has 0 spiro atoms. The smallest absolute Gasteiger partial charge is 0.276 e. The fourth-order valence-corrected chi connectivity index (χ4v) is 4.12. The molecule has 1 aromatic carbocycles. The second kappa shape index (κ2) is 7.60. The van der Waals surface area contributed by atoms with E-state index in [1.54, 1.807) is 6.07 Å². The number of hydrogen-bond donors (Lipinski definition) is 0. The van der Waals surface area contributed by atoms with Gasteiger partial charge in [0.25, 0.3) is 5.91 Å². The van der Waals surface area contributed by atoms with Crippen molar-refractivity contribution in [3.63, 3.8) is 0 Å². The summed E-state index contributed by atoms with van der Waals surface area (Å²) in [7, 11) is 0. The third-order valence-corrected chi connectivity index (χ3v) is 5.91. The summed E-state index contributed by atoms with van der Waals surface area (Å²) in [4.78, 5) is 17.0. The highest BCUT2D eigenvalue weighted by molar-refractivity contribution is 6.31. The molecule has 144 valence electrons. The number of nitrogens with zero attached hydrogens (tertiary/aromatic N) is 3. The van der Waals surface area contributed by atoms with Crippen molar-refractivity contribution >= 4 is 17.5 Å². The van der Waals surface area contributed by atoms with Crippen LogP contribution in [0.25, 0.3) is 0 Å². The summed E-state index contributed by atoms with van der Waals surface area (Å²) in [6, 6.07) is 4.49. The highest BCUT2D eigenvalue weighted by Gasteiger charge is 2.31. The summed E-state index contributed by atoms with van der Waals surface area (Å²) in [5.74, 6) is 1.07. The van der Waals surface area contributed by atoms with Crippen LogP contribution >= 0.6 is 11.6 Å². The summed E-state index contributed by atoms with van der Waals surface area (Å²) in [6.45, 7) is 5.61. The van der Waals surface area contributed by atoms with E-state index in [1.165, 1.54) is 12.1 Å². The van der Waals surface area contributed by atoms with Crippen LogP contribution in [0.2, 0.25) is 5.02 Å². The molecular formula is C20H23ClFN3O2. The average Bonchev–Trinajstić information content (AvgIpc) is 3.07. The molecule has 1 aliphatic heterocycles. The Morgan fingerprint density at radius 2 is 2.11 bits per heavy atom.